The molecule has 4 heteroatoms. The van der Waals surface area contributed by atoms with Crippen molar-refractivity contribution in [2.45, 2.75) is 25.4 Å². The van der Waals surface area contributed by atoms with Crippen molar-refractivity contribution in [3.05, 3.63) is 36.2 Å². The van der Waals surface area contributed by atoms with Gasteiger partial charge in [0.05, 0.1) is 29.5 Å². The molecular weight excluding hydrogens is 226 g/mol. The van der Waals surface area contributed by atoms with Crippen LogP contribution in [0.2, 0.25) is 0 Å². The van der Waals surface area contributed by atoms with Gasteiger partial charge in [-0.1, -0.05) is 12.1 Å². The Kier molecular flexibility index (Phi) is 3.48. The number of benzene rings is 1. The molecule has 0 aliphatic carbocycles. The molecular formula is C14H17N3O. The lowest BCUT2D eigenvalue weighted by Gasteiger charge is -2.22. The topological polar surface area (TPSA) is 47.0 Å². The molecule has 1 N–H and O–H groups in total. The first-order valence-corrected chi connectivity index (χ1v) is 6.43. The van der Waals surface area contributed by atoms with Crippen LogP contribution in [0.25, 0.3) is 11.0 Å². The summed E-state index contributed by atoms with van der Waals surface area (Å²) in [7, 11) is 0. The summed E-state index contributed by atoms with van der Waals surface area (Å²) in [5, 5.41) is 3.48. The Balaban J connectivity index is 1.66. The average molecular weight is 243 g/mol. The lowest BCUT2D eigenvalue weighted by Crippen LogP contribution is -2.36. The van der Waals surface area contributed by atoms with E-state index in [1.54, 1.807) is 0 Å². The molecule has 0 radical (unpaired) electrons. The molecule has 1 aliphatic rings. The molecule has 1 aromatic carbocycles. The monoisotopic (exact) mass is 243 g/mol. The van der Waals surface area contributed by atoms with Gasteiger partial charge in [0, 0.05) is 19.2 Å². The van der Waals surface area contributed by atoms with Crippen LogP contribution >= 0.6 is 0 Å². The maximum Gasteiger partial charge on any atom is 0.0890 e. The third-order valence-electron chi connectivity index (χ3n) is 3.23. The van der Waals surface area contributed by atoms with E-state index in [4.69, 9.17) is 4.74 Å². The van der Waals surface area contributed by atoms with Crippen molar-refractivity contribution in [3.63, 3.8) is 0 Å². The molecule has 94 valence electrons. The highest BCUT2D eigenvalue weighted by atomic mass is 16.5. The van der Waals surface area contributed by atoms with Gasteiger partial charge in [-0.05, 0) is 25.0 Å². The van der Waals surface area contributed by atoms with Crippen LogP contribution in [-0.4, -0.2) is 29.2 Å². The van der Waals surface area contributed by atoms with Crippen molar-refractivity contribution < 1.29 is 4.74 Å². The molecule has 3 rings (SSSR count). The first kappa shape index (κ1) is 11.6. The summed E-state index contributed by atoms with van der Waals surface area (Å²) in [5.74, 6) is 0. The summed E-state index contributed by atoms with van der Waals surface area (Å²) in [6.07, 6.45) is 4.17. The Morgan fingerprint density at radius 1 is 1.28 bits per heavy atom. The van der Waals surface area contributed by atoms with E-state index in [-0.39, 0.29) is 0 Å². The largest absolute Gasteiger partial charge is 0.380 e. The number of nitrogens with zero attached hydrogens (tertiary/aromatic N) is 2. The van der Waals surface area contributed by atoms with Crippen molar-refractivity contribution >= 4 is 11.0 Å². The van der Waals surface area contributed by atoms with E-state index >= 15 is 0 Å². The minimum atomic E-state index is 0.451. The summed E-state index contributed by atoms with van der Waals surface area (Å²) in [6.45, 7) is 2.46. The van der Waals surface area contributed by atoms with Crippen molar-refractivity contribution in [2.75, 3.05) is 13.2 Å². The van der Waals surface area contributed by atoms with Gasteiger partial charge < -0.3 is 10.1 Å². The quantitative estimate of drug-likeness (QED) is 0.894. The lowest BCUT2D eigenvalue weighted by molar-refractivity contribution is 0.0698. The number of nitrogens with one attached hydrogen (secondary N) is 1. The van der Waals surface area contributed by atoms with E-state index in [9.17, 15) is 0 Å². The molecule has 1 saturated heterocycles. The second-order valence-electron chi connectivity index (χ2n) is 4.65. The average Bonchev–Trinajstić information content (AvgIpc) is 2.46. The van der Waals surface area contributed by atoms with Crippen molar-refractivity contribution in [3.8, 4) is 0 Å². The molecule has 18 heavy (non-hydrogen) atoms. The van der Waals surface area contributed by atoms with E-state index < -0.39 is 0 Å². The van der Waals surface area contributed by atoms with E-state index in [1.807, 2.05) is 30.5 Å². The van der Waals surface area contributed by atoms with E-state index in [0.29, 0.717) is 6.04 Å². The van der Waals surface area contributed by atoms with Gasteiger partial charge in [-0.2, -0.15) is 0 Å². The van der Waals surface area contributed by atoms with Gasteiger partial charge in [0.2, 0.25) is 0 Å². The Morgan fingerprint density at radius 2 is 2.17 bits per heavy atom. The van der Waals surface area contributed by atoms with Gasteiger partial charge in [0.1, 0.15) is 0 Å². The van der Waals surface area contributed by atoms with Gasteiger partial charge in [-0.3, -0.25) is 4.98 Å². The van der Waals surface area contributed by atoms with Gasteiger partial charge >= 0.3 is 0 Å². The van der Waals surface area contributed by atoms with E-state index in [0.717, 1.165) is 42.9 Å². The number of fused-ring (bicyclic) bond motifs is 1. The predicted octanol–water partition coefficient (Wildman–Crippen LogP) is 1.90. The molecule has 1 aromatic heterocycles. The molecule has 1 fully saturated rings. The number of hydrogen-bond acceptors (Lipinski definition) is 4. The van der Waals surface area contributed by atoms with Crippen LogP contribution in [0, 0.1) is 0 Å². The van der Waals surface area contributed by atoms with Gasteiger partial charge in [0.15, 0.2) is 0 Å². The van der Waals surface area contributed by atoms with Crippen molar-refractivity contribution in [1.82, 2.24) is 15.3 Å². The summed E-state index contributed by atoms with van der Waals surface area (Å²) in [4.78, 5) is 9.00. The number of rotatable bonds is 3. The highest BCUT2D eigenvalue weighted by Gasteiger charge is 2.13. The van der Waals surface area contributed by atoms with Gasteiger partial charge in [-0.25, -0.2) is 4.98 Å². The zero-order valence-electron chi connectivity index (χ0n) is 10.3. The van der Waals surface area contributed by atoms with Crippen molar-refractivity contribution in [2.24, 2.45) is 0 Å². The van der Waals surface area contributed by atoms with Crippen molar-refractivity contribution in [1.29, 1.82) is 0 Å². The molecule has 0 amide bonds. The van der Waals surface area contributed by atoms with Gasteiger partial charge in [0.25, 0.3) is 0 Å². The molecule has 2 heterocycles. The maximum atomic E-state index is 5.44. The van der Waals surface area contributed by atoms with Gasteiger partial charge in [-0.15, -0.1) is 0 Å². The maximum absolute atomic E-state index is 5.44. The first-order chi connectivity index (χ1) is 8.92. The highest BCUT2D eigenvalue weighted by molar-refractivity contribution is 5.73. The fourth-order valence-corrected chi connectivity index (χ4v) is 2.23. The second-order valence-corrected chi connectivity index (χ2v) is 4.65. The fraction of sp³-hybridized carbons (Fsp3) is 0.429. The normalized spacial score (nSPS) is 20.1. The molecule has 0 saturated carbocycles. The molecule has 2 aromatic rings. The smallest absolute Gasteiger partial charge is 0.0890 e. The Hall–Kier alpha value is -1.52. The second kappa shape index (κ2) is 5.42. The summed E-state index contributed by atoms with van der Waals surface area (Å²) < 4.78 is 5.44. The summed E-state index contributed by atoms with van der Waals surface area (Å²) >= 11 is 0. The summed E-state index contributed by atoms with van der Waals surface area (Å²) in [6, 6.07) is 8.40. The Labute approximate surface area is 106 Å². The number of aromatic nitrogens is 2. The van der Waals surface area contributed by atoms with Crippen LogP contribution < -0.4 is 5.32 Å². The summed E-state index contributed by atoms with van der Waals surface area (Å²) in [5.41, 5.74) is 2.89. The predicted molar refractivity (Wildman–Crippen MR) is 70.2 cm³/mol. The zero-order valence-corrected chi connectivity index (χ0v) is 10.3. The molecule has 0 bridgehead atoms. The molecule has 4 nitrogen and oxygen atoms in total. The number of ether oxygens (including phenoxy) is 1. The minimum Gasteiger partial charge on any atom is -0.380 e. The molecule has 1 atom stereocenters. The van der Waals surface area contributed by atoms with Crippen LogP contribution in [0.1, 0.15) is 18.5 Å². The lowest BCUT2D eigenvalue weighted by atomic mass is 10.1. The van der Waals surface area contributed by atoms with Crippen LogP contribution in [-0.2, 0) is 11.3 Å². The highest BCUT2D eigenvalue weighted by Crippen LogP contribution is 2.10. The minimum absolute atomic E-state index is 0.451. The van der Waals surface area contributed by atoms with Crippen LogP contribution in [0.4, 0.5) is 0 Å². The number of para-hydroxylation sites is 2. The molecule has 1 aliphatic heterocycles. The third kappa shape index (κ3) is 2.66. The zero-order chi connectivity index (χ0) is 12.2. The Bertz CT molecular complexity index is 523. The number of hydrogen-bond donors (Lipinski definition) is 1. The standard InChI is InChI=1S/C14H17N3O/c1-2-6-14-13(5-1)16-9-12(17-14)8-15-11-4-3-7-18-10-11/h1-2,5-6,9,11,15H,3-4,7-8,10H2. The van der Waals surface area contributed by atoms with Crippen LogP contribution in [0.15, 0.2) is 30.5 Å². The van der Waals surface area contributed by atoms with E-state index in [2.05, 4.69) is 15.3 Å². The molecule has 0 spiro atoms. The van der Waals surface area contributed by atoms with Crippen LogP contribution in [0.3, 0.4) is 0 Å². The third-order valence-corrected chi connectivity index (χ3v) is 3.23. The fourth-order valence-electron chi connectivity index (χ4n) is 2.23. The first-order valence-electron chi connectivity index (χ1n) is 6.43. The van der Waals surface area contributed by atoms with E-state index in [1.165, 1.54) is 6.42 Å². The molecule has 1 unspecified atom stereocenters. The Morgan fingerprint density at radius 3 is 3.00 bits per heavy atom. The van der Waals surface area contributed by atoms with Crippen LogP contribution in [0.5, 0.6) is 0 Å². The SMILES string of the molecule is c1ccc2nc(CNC3CCCOC3)cnc2c1.